The van der Waals surface area contributed by atoms with Gasteiger partial charge in [-0.1, -0.05) is 30.3 Å². The number of carbonyl (C=O) groups excluding carboxylic acids is 1. The molecule has 0 aliphatic rings. The highest BCUT2D eigenvalue weighted by molar-refractivity contribution is 5.79. The zero-order chi connectivity index (χ0) is 10.2. The third-order valence-electron chi connectivity index (χ3n) is 1.56. The summed E-state index contributed by atoms with van der Waals surface area (Å²) >= 11 is 0. The van der Waals surface area contributed by atoms with Crippen LogP contribution >= 0.6 is 0 Å². The molecule has 0 aliphatic heterocycles. The van der Waals surface area contributed by atoms with E-state index in [1.165, 1.54) is 6.20 Å². The van der Waals surface area contributed by atoms with Crippen LogP contribution in [-0.4, -0.2) is 5.91 Å². The maximum absolute atomic E-state index is 10.8. The number of hydrogen-bond donors (Lipinski definition) is 1. The van der Waals surface area contributed by atoms with Crippen molar-refractivity contribution in [3.8, 4) is 6.07 Å². The average Bonchev–Trinajstić information content (AvgIpc) is 2.20. The summed E-state index contributed by atoms with van der Waals surface area (Å²) in [4.78, 5) is 10.8. The van der Waals surface area contributed by atoms with Gasteiger partial charge in [-0.2, -0.15) is 5.26 Å². The lowest BCUT2D eigenvalue weighted by atomic mass is 10.2. The second kappa shape index (κ2) is 5.55. The van der Waals surface area contributed by atoms with Crippen molar-refractivity contribution in [3.63, 3.8) is 0 Å². The van der Waals surface area contributed by atoms with E-state index in [0.717, 1.165) is 5.56 Å². The van der Waals surface area contributed by atoms with Crippen LogP contribution in [0.2, 0.25) is 0 Å². The first-order valence-corrected chi connectivity index (χ1v) is 4.21. The summed E-state index contributed by atoms with van der Waals surface area (Å²) < 4.78 is 0. The van der Waals surface area contributed by atoms with Gasteiger partial charge in [0.15, 0.2) is 0 Å². The molecule has 0 heterocycles. The molecule has 0 saturated heterocycles. The fourth-order valence-corrected chi connectivity index (χ4v) is 0.918. The fraction of sp³-hybridized carbons (Fsp3) is 0.0909. The molecule has 0 fully saturated rings. The van der Waals surface area contributed by atoms with Gasteiger partial charge in [0, 0.05) is 6.20 Å². The van der Waals surface area contributed by atoms with E-state index in [9.17, 15) is 4.79 Å². The molecule has 0 saturated carbocycles. The van der Waals surface area contributed by atoms with Crippen molar-refractivity contribution in [1.82, 2.24) is 5.32 Å². The molecule has 0 spiro atoms. The summed E-state index contributed by atoms with van der Waals surface area (Å²) in [6.07, 6.45) is 3.20. The molecule has 1 aromatic rings. The molecule has 0 aromatic heterocycles. The monoisotopic (exact) mass is 186 g/mol. The standard InChI is InChI=1S/C11H10N2O/c12-8-6-11(14)13-9-7-10-4-2-1-3-5-10/h1-5,7,9H,6H2,(H,13,14)/b9-7-. The normalized spacial score (nSPS) is 9.64. The quantitative estimate of drug-likeness (QED) is 0.780. The number of carbonyl (C=O) groups is 1. The van der Waals surface area contributed by atoms with Gasteiger partial charge in [-0.15, -0.1) is 0 Å². The fourth-order valence-electron chi connectivity index (χ4n) is 0.918. The molecular weight excluding hydrogens is 176 g/mol. The molecule has 0 radical (unpaired) electrons. The number of nitriles is 1. The Labute approximate surface area is 82.7 Å². The van der Waals surface area contributed by atoms with E-state index in [1.54, 1.807) is 12.1 Å². The predicted molar refractivity (Wildman–Crippen MR) is 53.8 cm³/mol. The second-order valence-corrected chi connectivity index (χ2v) is 2.65. The Morgan fingerprint density at radius 2 is 2.14 bits per heavy atom. The number of rotatable bonds is 3. The highest BCUT2D eigenvalue weighted by Gasteiger charge is 1.93. The van der Waals surface area contributed by atoms with E-state index >= 15 is 0 Å². The molecule has 3 heteroatoms. The number of benzene rings is 1. The van der Waals surface area contributed by atoms with Gasteiger partial charge in [0.25, 0.3) is 0 Å². The number of hydrogen-bond acceptors (Lipinski definition) is 2. The van der Waals surface area contributed by atoms with Gasteiger partial charge in [0.2, 0.25) is 5.91 Å². The Balaban J connectivity index is 2.43. The SMILES string of the molecule is N#CCC(=O)N/C=C\c1ccccc1. The number of nitrogens with one attached hydrogen (secondary N) is 1. The van der Waals surface area contributed by atoms with Gasteiger partial charge in [-0.3, -0.25) is 4.79 Å². The molecule has 1 N–H and O–H groups in total. The van der Waals surface area contributed by atoms with Crippen LogP contribution in [0.4, 0.5) is 0 Å². The molecule has 3 nitrogen and oxygen atoms in total. The third-order valence-corrected chi connectivity index (χ3v) is 1.56. The van der Waals surface area contributed by atoms with E-state index in [0.29, 0.717) is 0 Å². The summed E-state index contributed by atoms with van der Waals surface area (Å²) in [5.74, 6) is -0.292. The van der Waals surface area contributed by atoms with E-state index < -0.39 is 0 Å². The van der Waals surface area contributed by atoms with E-state index in [1.807, 2.05) is 30.3 Å². The predicted octanol–water partition coefficient (Wildman–Crippen LogP) is 1.69. The minimum absolute atomic E-state index is 0.112. The second-order valence-electron chi connectivity index (χ2n) is 2.65. The smallest absolute Gasteiger partial charge is 0.238 e. The van der Waals surface area contributed by atoms with Crippen molar-refractivity contribution in [3.05, 3.63) is 42.1 Å². The van der Waals surface area contributed by atoms with Crippen molar-refractivity contribution >= 4 is 12.0 Å². The molecular formula is C11H10N2O. The summed E-state index contributed by atoms with van der Waals surface area (Å²) in [6, 6.07) is 11.4. The van der Waals surface area contributed by atoms with Gasteiger partial charge >= 0.3 is 0 Å². The van der Waals surface area contributed by atoms with Gasteiger partial charge in [-0.25, -0.2) is 0 Å². The van der Waals surface area contributed by atoms with E-state index in [4.69, 9.17) is 5.26 Å². The van der Waals surface area contributed by atoms with Gasteiger partial charge < -0.3 is 5.32 Å². The molecule has 0 atom stereocenters. The van der Waals surface area contributed by atoms with Gasteiger partial charge in [-0.05, 0) is 11.6 Å². The van der Waals surface area contributed by atoms with E-state index in [2.05, 4.69) is 5.32 Å². The maximum Gasteiger partial charge on any atom is 0.238 e. The van der Waals surface area contributed by atoms with Crippen LogP contribution in [0.1, 0.15) is 12.0 Å². The van der Waals surface area contributed by atoms with Crippen molar-refractivity contribution in [2.75, 3.05) is 0 Å². The lowest BCUT2D eigenvalue weighted by Gasteiger charge is -1.93. The van der Waals surface area contributed by atoms with Crippen LogP contribution < -0.4 is 5.32 Å². The lowest BCUT2D eigenvalue weighted by Crippen LogP contribution is -2.15. The Hall–Kier alpha value is -2.08. The first-order valence-electron chi connectivity index (χ1n) is 4.21. The van der Waals surface area contributed by atoms with Crippen LogP contribution in [0, 0.1) is 11.3 Å². The lowest BCUT2D eigenvalue weighted by molar-refractivity contribution is -0.119. The Morgan fingerprint density at radius 1 is 1.43 bits per heavy atom. The Kier molecular flexibility index (Phi) is 3.96. The van der Waals surface area contributed by atoms with Crippen molar-refractivity contribution in [2.24, 2.45) is 0 Å². The molecule has 1 rings (SSSR count). The van der Waals surface area contributed by atoms with Crippen molar-refractivity contribution in [1.29, 1.82) is 5.26 Å². The van der Waals surface area contributed by atoms with E-state index in [-0.39, 0.29) is 12.3 Å². The number of nitrogens with zero attached hydrogens (tertiary/aromatic N) is 1. The summed E-state index contributed by atoms with van der Waals surface area (Å²) in [5.41, 5.74) is 1.00. The molecule has 14 heavy (non-hydrogen) atoms. The average molecular weight is 186 g/mol. The van der Waals surface area contributed by atoms with Crippen molar-refractivity contribution in [2.45, 2.75) is 6.42 Å². The highest BCUT2D eigenvalue weighted by atomic mass is 16.1. The van der Waals surface area contributed by atoms with Gasteiger partial charge in [0.1, 0.15) is 6.42 Å². The molecule has 0 bridgehead atoms. The Morgan fingerprint density at radius 3 is 2.79 bits per heavy atom. The highest BCUT2D eigenvalue weighted by Crippen LogP contribution is 1.99. The molecule has 0 unspecified atom stereocenters. The third kappa shape index (κ3) is 3.55. The van der Waals surface area contributed by atoms with Crippen LogP contribution in [0.15, 0.2) is 36.5 Å². The maximum atomic E-state index is 10.8. The zero-order valence-corrected chi connectivity index (χ0v) is 7.60. The van der Waals surface area contributed by atoms with Crippen molar-refractivity contribution < 1.29 is 4.79 Å². The molecule has 0 aliphatic carbocycles. The summed E-state index contributed by atoms with van der Waals surface area (Å²) in [6.45, 7) is 0. The number of amides is 1. The van der Waals surface area contributed by atoms with Gasteiger partial charge in [0.05, 0.1) is 6.07 Å². The first kappa shape index (κ1) is 10.0. The zero-order valence-electron chi connectivity index (χ0n) is 7.60. The summed E-state index contributed by atoms with van der Waals surface area (Å²) in [7, 11) is 0. The van der Waals surface area contributed by atoms with Crippen LogP contribution in [0.5, 0.6) is 0 Å². The van der Waals surface area contributed by atoms with Crippen LogP contribution in [-0.2, 0) is 4.79 Å². The van der Waals surface area contributed by atoms with Crippen LogP contribution in [0.25, 0.3) is 6.08 Å². The first-order chi connectivity index (χ1) is 6.83. The largest absolute Gasteiger partial charge is 0.332 e. The summed E-state index contributed by atoms with van der Waals surface area (Å²) in [5, 5.41) is 10.7. The molecule has 1 amide bonds. The Bertz CT molecular complexity index is 363. The minimum Gasteiger partial charge on any atom is -0.332 e. The molecule has 70 valence electrons. The topological polar surface area (TPSA) is 52.9 Å². The molecule has 1 aromatic carbocycles. The minimum atomic E-state index is -0.292. The van der Waals surface area contributed by atoms with Crippen LogP contribution in [0.3, 0.4) is 0 Å².